The summed E-state index contributed by atoms with van der Waals surface area (Å²) in [5.74, 6) is 0. The molecular formula is C14H14Cl2N2. The van der Waals surface area contributed by atoms with Gasteiger partial charge in [-0.3, -0.25) is 0 Å². The smallest absolute Gasteiger partial charge is 0.128 e. The summed E-state index contributed by atoms with van der Waals surface area (Å²) < 4.78 is 2.00. The van der Waals surface area contributed by atoms with Gasteiger partial charge in [0.05, 0.1) is 11.1 Å². The van der Waals surface area contributed by atoms with E-state index in [1.807, 2.05) is 23.6 Å². The van der Waals surface area contributed by atoms with Crippen molar-refractivity contribution >= 4 is 34.1 Å². The normalized spacial score (nSPS) is 10.8. The van der Waals surface area contributed by atoms with Crippen molar-refractivity contribution in [2.24, 2.45) is 0 Å². The van der Waals surface area contributed by atoms with E-state index in [-0.39, 0.29) is 0 Å². The Kier molecular flexibility index (Phi) is 3.85. The summed E-state index contributed by atoms with van der Waals surface area (Å²) in [5, 5.41) is 11.4. The minimum absolute atomic E-state index is 0.520. The number of hydrogen-bond acceptors (Lipinski definition) is 1. The van der Waals surface area contributed by atoms with Gasteiger partial charge >= 0.3 is 0 Å². The average Bonchev–Trinajstić information content (AvgIpc) is 2.64. The van der Waals surface area contributed by atoms with Crippen LogP contribution in [0.5, 0.6) is 0 Å². The van der Waals surface area contributed by atoms with E-state index in [4.69, 9.17) is 23.2 Å². The van der Waals surface area contributed by atoms with Crippen LogP contribution in [0.1, 0.15) is 30.9 Å². The minimum Gasteiger partial charge on any atom is -0.330 e. The lowest BCUT2D eigenvalue weighted by Crippen LogP contribution is -1.99. The number of aromatic nitrogens is 1. The fourth-order valence-electron chi connectivity index (χ4n) is 2.20. The third-order valence-electron chi connectivity index (χ3n) is 3.19. The van der Waals surface area contributed by atoms with Crippen molar-refractivity contribution < 1.29 is 0 Å². The summed E-state index contributed by atoms with van der Waals surface area (Å²) in [7, 11) is 0. The first-order chi connectivity index (χ1) is 8.61. The molecule has 0 aliphatic heterocycles. The zero-order valence-corrected chi connectivity index (χ0v) is 11.9. The predicted molar refractivity (Wildman–Crippen MR) is 76.3 cm³/mol. The molecule has 0 bridgehead atoms. The quantitative estimate of drug-likeness (QED) is 0.784. The summed E-state index contributed by atoms with van der Waals surface area (Å²) >= 11 is 12.5. The van der Waals surface area contributed by atoms with Gasteiger partial charge in [0.1, 0.15) is 11.2 Å². The van der Waals surface area contributed by atoms with Gasteiger partial charge in [-0.15, -0.1) is 0 Å². The molecule has 94 valence electrons. The Labute approximate surface area is 117 Å². The third kappa shape index (κ3) is 1.98. The molecule has 0 aliphatic rings. The van der Waals surface area contributed by atoms with Crippen LogP contribution < -0.4 is 0 Å². The number of halogens is 2. The SMILES string of the molecule is CCCCn1c(Cl)c(C#N)c2ccc(Cl)c(C)c21. The number of nitriles is 1. The molecule has 2 rings (SSSR count). The lowest BCUT2D eigenvalue weighted by Gasteiger charge is -2.08. The first kappa shape index (κ1) is 13.3. The molecular weight excluding hydrogens is 267 g/mol. The Morgan fingerprint density at radius 2 is 2.06 bits per heavy atom. The van der Waals surface area contributed by atoms with Crippen LogP contribution in [-0.2, 0) is 6.54 Å². The Balaban J connectivity index is 2.79. The van der Waals surface area contributed by atoms with Gasteiger partial charge in [-0.25, -0.2) is 0 Å². The highest BCUT2D eigenvalue weighted by Crippen LogP contribution is 2.34. The summed E-state index contributed by atoms with van der Waals surface area (Å²) in [6.45, 7) is 4.91. The molecule has 2 aromatic rings. The molecule has 0 N–H and O–H groups in total. The van der Waals surface area contributed by atoms with Gasteiger partial charge in [0.25, 0.3) is 0 Å². The molecule has 0 fully saturated rings. The Morgan fingerprint density at radius 3 is 2.67 bits per heavy atom. The van der Waals surface area contributed by atoms with Crippen LogP contribution in [0.2, 0.25) is 10.2 Å². The molecule has 0 atom stereocenters. The molecule has 18 heavy (non-hydrogen) atoms. The van der Waals surface area contributed by atoms with Crippen molar-refractivity contribution in [3.63, 3.8) is 0 Å². The van der Waals surface area contributed by atoms with Crippen molar-refractivity contribution in [2.45, 2.75) is 33.2 Å². The Morgan fingerprint density at radius 1 is 1.33 bits per heavy atom. The maximum atomic E-state index is 9.23. The molecule has 0 unspecified atom stereocenters. The maximum absolute atomic E-state index is 9.23. The van der Waals surface area contributed by atoms with Crippen LogP contribution in [0.15, 0.2) is 12.1 Å². The van der Waals surface area contributed by atoms with E-state index in [9.17, 15) is 5.26 Å². The highest BCUT2D eigenvalue weighted by molar-refractivity contribution is 6.34. The molecule has 0 radical (unpaired) electrons. The molecule has 0 spiro atoms. The third-order valence-corrected chi connectivity index (χ3v) is 4.00. The van der Waals surface area contributed by atoms with Crippen molar-refractivity contribution in [3.05, 3.63) is 33.4 Å². The topological polar surface area (TPSA) is 28.7 Å². The van der Waals surface area contributed by atoms with E-state index in [2.05, 4.69) is 13.0 Å². The second-order valence-corrected chi connectivity index (χ2v) is 5.12. The number of hydrogen-bond donors (Lipinski definition) is 0. The second-order valence-electron chi connectivity index (χ2n) is 4.35. The molecule has 0 saturated carbocycles. The monoisotopic (exact) mass is 280 g/mol. The highest BCUT2D eigenvalue weighted by Gasteiger charge is 2.17. The molecule has 4 heteroatoms. The van der Waals surface area contributed by atoms with E-state index in [1.165, 1.54) is 0 Å². The number of unbranched alkanes of at least 4 members (excludes halogenated alkanes) is 1. The van der Waals surface area contributed by atoms with E-state index in [0.29, 0.717) is 15.7 Å². The summed E-state index contributed by atoms with van der Waals surface area (Å²) in [6.07, 6.45) is 2.11. The molecule has 2 nitrogen and oxygen atoms in total. The minimum atomic E-state index is 0.520. The fraction of sp³-hybridized carbons (Fsp3) is 0.357. The van der Waals surface area contributed by atoms with Crippen molar-refractivity contribution in [1.29, 1.82) is 5.26 Å². The van der Waals surface area contributed by atoms with Crippen LogP contribution >= 0.6 is 23.2 Å². The lowest BCUT2D eigenvalue weighted by atomic mass is 10.1. The average molecular weight is 281 g/mol. The van der Waals surface area contributed by atoms with Gasteiger partial charge in [0, 0.05) is 17.0 Å². The van der Waals surface area contributed by atoms with E-state index in [0.717, 1.165) is 35.9 Å². The Hall–Kier alpha value is -1.17. The molecule has 0 aliphatic carbocycles. The van der Waals surface area contributed by atoms with Crippen LogP contribution in [0, 0.1) is 18.3 Å². The number of benzene rings is 1. The highest BCUT2D eigenvalue weighted by atomic mass is 35.5. The first-order valence-corrected chi connectivity index (χ1v) is 6.74. The van der Waals surface area contributed by atoms with Crippen molar-refractivity contribution in [2.75, 3.05) is 0 Å². The Bertz CT molecular complexity index is 636. The molecule has 0 amide bonds. The summed E-state index contributed by atoms with van der Waals surface area (Å²) in [5.41, 5.74) is 2.51. The van der Waals surface area contributed by atoms with Gasteiger partial charge in [-0.05, 0) is 31.0 Å². The number of rotatable bonds is 3. The van der Waals surface area contributed by atoms with Crippen LogP contribution in [0.3, 0.4) is 0 Å². The standard InChI is InChI=1S/C14H14Cl2N2/c1-3-4-7-18-13-9(2)12(15)6-5-10(13)11(8-17)14(18)16/h5-6H,3-4,7H2,1-2H3. The maximum Gasteiger partial charge on any atom is 0.128 e. The summed E-state index contributed by atoms with van der Waals surface area (Å²) in [6, 6.07) is 5.88. The second kappa shape index (κ2) is 5.22. The van der Waals surface area contributed by atoms with E-state index >= 15 is 0 Å². The van der Waals surface area contributed by atoms with E-state index < -0.39 is 0 Å². The molecule has 1 aromatic heterocycles. The van der Waals surface area contributed by atoms with Gasteiger partial charge in [-0.2, -0.15) is 5.26 Å². The number of fused-ring (bicyclic) bond motifs is 1. The van der Waals surface area contributed by atoms with Crippen LogP contribution in [0.4, 0.5) is 0 Å². The number of nitrogens with zero attached hydrogens (tertiary/aromatic N) is 2. The van der Waals surface area contributed by atoms with Gasteiger partial charge in [0.2, 0.25) is 0 Å². The largest absolute Gasteiger partial charge is 0.330 e. The van der Waals surface area contributed by atoms with Gasteiger partial charge in [0.15, 0.2) is 0 Å². The fourth-order valence-corrected chi connectivity index (χ4v) is 2.67. The zero-order chi connectivity index (χ0) is 13.3. The van der Waals surface area contributed by atoms with Gasteiger partial charge < -0.3 is 4.57 Å². The number of aryl methyl sites for hydroxylation is 2. The van der Waals surface area contributed by atoms with E-state index in [1.54, 1.807) is 0 Å². The zero-order valence-electron chi connectivity index (χ0n) is 10.4. The van der Waals surface area contributed by atoms with Gasteiger partial charge in [-0.1, -0.05) is 36.5 Å². The van der Waals surface area contributed by atoms with Crippen molar-refractivity contribution in [1.82, 2.24) is 4.57 Å². The predicted octanol–water partition coefficient (Wildman–Crippen LogP) is 4.93. The molecule has 1 aromatic carbocycles. The van der Waals surface area contributed by atoms with Crippen molar-refractivity contribution in [3.8, 4) is 6.07 Å². The molecule has 1 heterocycles. The lowest BCUT2D eigenvalue weighted by molar-refractivity contribution is 0.649. The van der Waals surface area contributed by atoms with Crippen LogP contribution in [0.25, 0.3) is 10.9 Å². The van der Waals surface area contributed by atoms with Crippen LogP contribution in [-0.4, -0.2) is 4.57 Å². The summed E-state index contributed by atoms with van der Waals surface area (Å²) in [4.78, 5) is 0. The first-order valence-electron chi connectivity index (χ1n) is 5.98. The molecule has 0 saturated heterocycles.